The monoisotopic (exact) mass is 174 g/mol. The summed E-state index contributed by atoms with van der Waals surface area (Å²) >= 11 is 1.95. The molecule has 1 nitrogen and oxygen atoms in total. The summed E-state index contributed by atoms with van der Waals surface area (Å²) < 4.78 is 0. The van der Waals surface area contributed by atoms with E-state index in [1.807, 2.05) is 11.8 Å². The van der Waals surface area contributed by atoms with E-state index in [9.17, 15) is 4.79 Å². The van der Waals surface area contributed by atoms with Crippen molar-refractivity contribution in [1.82, 2.24) is 0 Å². The van der Waals surface area contributed by atoms with Crippen molar-refractivity contribution in [2.75, 3.05) is 11.5 Å². The summed E-state index contributed by atoms with van der Waals surface area (Å²) in [6, 6.07) is 0. The molecule has 2 heteroatoms. The van der Waals surface area contributed by atoms with Crippen LogP contribution in [0, 0.1) is 5.92 Å². The molecule has 0 aromatic heterocycles. The fraction of sp³-hybridized carbons (Fsp3) is 0.889. The van der Waals surface area contributed by atoms with Gasteiger partial charge < -0.3 is 4.79 Å². The highest BCUT2D eigenvalue weighted by atomic mass is 32.2. The average Bonchev–Trinajstić information content (AvgIpc) is 1.85. The predicted molar refractivity (Wildman–Crippen MR) is 52.1 cm³/mol. The molecule has 0 rings (SSSR count). The van der Waals surface area contributed by atoms with Crippen molar-refractivity contribution in [3.8, 4) is 0 Å². The van der Waals surface area contributed by atoms with Gasteiger partial charge in [0.05, 0.1) is 0 Å². The third kappa shape index (κ3) is 10.0. The molecule has 0 N–H and O–H groups in total. The maximum absolute atomic E-state index is 10.5. The number of rotatable bonds is 6. The van der Waals surface area contributed by atoms with Gasteiger partial charge in [0.25, 0.3) is 0 Å². The van der Waals surface area contributed by atoms with Crippen molar-refractivity contribution in [3.63, 3.8) is 0 Å². The molecule has 0 aromatic rings. The van der Waals surface area contributed by atoms with Crippen LogP contribution in [0.4, 0.5) is 0 Å². The molecule has 0 heterocycles. The predicted octanol–water partition coefficient (Wildman–Crippen LogP) is 2.74. The topological polar surface area (TPSA) is 17.1 Å². The van der Waals surface area contributed by atoms with E-state index in [-0.39, 0.29) is 0 Å². The highest BCUT2D eigenvalue weighted by Gasteiger charge is 1.95. The van der Waals surface area contributed by atoms with Gasteiger partial charge in [-0.2, -0.15) is 11.8 Å². The zero-order chi connectivity index (χ0) is 8.69. The van der Waals surface area contributed by atoms with Gasteiger partial charge >= 0.3 is 0 Å². The van der Waals surface area contributed by atoms with Crippen LogP contribution < -0.4 is 0 Å². The number of thioether (sulfide) groups is 1. The van der Waals surface area contributed by atoms with Crippen LogP contribution in [-0.4, -0.2) is 17.3 Å². The van der Waals surface area contributed by atoms with Crippen LogP contribution in [0.2, 0.25) is 0 Å². The largest absolute Gasteiger partial charge is 0.300 e. The second-order valence-corrected chi connectivity index (χ2v) is 4.42. The number of ketones is 1. The average molecular weight is 174 g/mol. The molecule has 0 bridgehead atoms. The summed E-state index contributed by atoms with van der Waals surface area (Å²) in [7, 11) is 0. The molecule has 11 heavy (non-hydrogen) atoms. The lowest BCUT2D eigenvalue weighted by atomic mass is 10.3. The van der Waals surface area contributed by atoms with E-state index in [2.05, 4.69) is 13.8 Å². The lowest BCUT2D eigenvalue weighted by Crippen LogP contribution is -1.94. The van der Waals surface area contributed by atoms with Crippen molar-refractivity contribution in [2.24, 2.45) is 5.92 Å². The molecule has 0 aliphatic rings. The summed E-state index contributed by atoms with van der Waals surface area (Å²) in [4.78, 5) is 10.5. The first-order valence-corrected chi connectivity index (χ1v) is 5.35. The molecule has 0 aliphatic carbocycles. The van der Waals surface area contributed by atoms with Crippen LogP contribution in [0.1, 0.15) is 33.6 Å². The third-order valence-corrected chi connectivity index (χ3v) is 2.75. The molecular weight excluding hydrogens is 156 g/mol. The van der Waals surface area contributed by atoms with Crippen LogP contribution in [0.25, 0.3) is 0 Å². The minimum Gasteiger partial charge on any atom is -0.300 e. The summed E-state index contributed by atoms with van der Waals surface area (Å²) in [5.74, 6) is 3.45. The highest BCUT2D eigenvalue weighted by Crippen LogP contribution is 2.09. The van der Waals surface area contributed by atoms with Crippen LogP contribution in [0.3, 0.4) is 0 Å². The fourth-order valence-electron chi connectivity index (χ4n) is 0.742. The summed E-state index contributed by atoms with van der Waals surface area (Å²) in [5.41, 5.74) is 0. The Labute approximate surface area is 73.9 Å². The van der Waals surface area contributed by atoms with E-state index < -0.39 is 0 Å². The molecule has 0 unspecified atom stereocenters. The molecule has 0 atom stereocenters. The lowest BCUT2D eigenvalue weighted by Gasteiger charge is -2.02. The number of hydrogen-bond donors (Lipinski definition) is 0. The first-order valence-electron chi connectivity index (χ1n) is 4.20. The zero-order valence-electron chi connectivity index (χ0n) is 7.72. The number of hydrogen-bond acceptors (Lipinski definition) is 2. The van der Waals surface area contributed by atoms with Crippen molar-refractivity contribution in [2.45, 2.75) is 33.6 Å². The maximum Gasteiger partial charge on any atom is 0.129 e. The highest BCUT2D eigenvalue weighted by molar-refractivity contribution is 7.99. The number of carbonyl (C=O) groups excluding carboxylic acids is 1. The van der Waals surface area contributed by atoms with Crippen LogP contribution in [0.5, 0.6) is 0 Å². The summed E-state index contributed by atoms with van der Waals surface area (Å²) in [6.45, 7) is 6.10. The molecule has 0 saturated heterocycles. The van der Waals surface area contributed by atoms with E-state index in [4.69, 9.17) is 0 Å². The Morgan fingerprint density at radius 3 is 2.55 bits per heavy atom. The Hall–Kier alpha value is 0.0200. The molecule has 0 spiro atoms. The van der Waals surface area contributed by atoms with Crippen LogP contribution in [0.15, 0.2) is 0 Å². The van der Waals surface area contributed by atoms with Gasteiger partial charge in [0.1, 0.15) is 5.78 Å². The van der Waals surface area contributed by atoms with Gasteiger partial charge in [-0.1, -0.05) is 13.8 Å². The van der Waals surface area contributed by atoms with Crippen molar-refractivity contribution < 1.29 is 4.79 Å². The summed E-state index contributed by atoms with van der Waals surface area (Å²) in [6.07, 6.45) is 1.80. The maximum atomic E-state index is 10.5. The number of Topliss-reactive ketones (excluding diaryl/α,β-unsaturated/α-hetero) is 1. The number of carbonyl (C=O) groups is 1. The van der Waals surface area contributed by atoms with Crippen molar-refractivity contribution >= 4 is 17.5 Å². The Kier molecular flexibility index (Phi) is 6.73. The van der Waals surface area contributed by atoms with Gasteiger partial charge in [0, 0.05) is 6.42 Å². The quantitative estimate of drug-likeness (QED) is 0.576. The molecule has 66 valence electrons. The molecule has 0 fully saturated rings. The first-order chi connectivity index (χ1) is 5.13. The molecule has 0 aliphatic heterocycles. The SMILES string of the molecule is CC(=O)CCCSCC(C)C. The smallest absolute Gasteiger partial charge is 0.129 e. The van der Waals surface area contributed by atoms with E-state index >= 15 is 0 Å². The zero-order valence-corrected chi connectivity index (χ0v) is 8.54. The van der Waals surface area contributed by atoms with E-state index in [0.29, 0.717) is 5.78 Å². The van der Waals surface area contributed by atoms with Gasteiger partial charge in [0.15, 0.2) is 0 Å². The Morgan fingerprint density at radius 1 is 1.45 bits per heavy atom. The first kappa shape index (κ1) is 11.0. The third-order valence-electron chi connectivity index (χ3n) is 1.27. The Bertz CT molecular complexity index is 110. The van der Waals surface area contributed by atoms with Crippen molar-refractivity contribution in [1.29, 1.82) is 0 Å². The molecule has 0 saturated carbocycles. The van der Waals surface area contributed by atoms with Gasteiger partial charge in [-0.05, 0) is 30.8 Å². The van der Waals surface area contributed by atoms with E-state index in [0.717, 1.165) is 24.5 Å². The minimum absolute atomic E-state index is 0.315. The fourth-order valence-corrected chi connectivity index (χ4v) is 1.73. The second kappa shape index (κ2) is 6.71. The minimum atomic E-state index is 0.315. The van der Waals surface area contributed by atoms with E-state index in [1.54, 1.807) is 6.92 Å². The lowest BCUT2D eigenvalue weighted by molar-refractivity contribution is -0.117. The van der Waals surface area contributed by atoms with Crippen LogP contribution in [-0.2, 0) is 4.79 Å². The molecule has 0 amide bonds. The van der Waals surface area contributed by atoms with Gasteiger partial charge in [0.2, 0.25) is 0 Å². The van der Waals surface area contributed by atoms with Gasteiger partial charge in [-0.15, -0.1) is 0 Å². The van der Waals surface area contributed by atoms with Crippen molar-refractivity contribution in [3.05, 3.63) is 0 Å². The summed E-state index contributed by atoms with van der Waals surface area (Å²) in [5, 5.41) is 0. The Morgan fingerprint density at radius 2 is 2.09 bits per heavy atom. The normalized spacial score (nSPS) is 10.5. The van der Waals surface area contributed by atoms with Gasteiger partial charge in [-0.3, -0.25) is 0 Å². The second-order valence-electron chi connectivity index (χ2n) is 3.27. The Balaban J connectivity index is 2.97. The van der Waals surface area contributed by atoms with Crippen LogP contribution >= 0.6 is 11.8 Å². The van der Waals surface area contributed by atoms with Gasteiger partial charge in [-0.25, -0.2) is 0 Å². The molecule has 0 radical (unpaired) electrons. The standard InChI is InChI=1S/C9H18OS/c1-8(2)7-11-6-4-5-9(3)10/h8H,4-7H2,1-3H3. The molecule has 0 aromatic carbocycles. The molecular formula is C9H18OS. The van der Waals surface area contributed by atoms with E-state index in [1.165, 1.54) is 5.75 Å².